The van der Waals surface area contributed by atoms with E-state index in [1.165, 1.54) is 0 Å². The largest absolute Gasteiger partial charge is 0.476 e. The van der Waals surface area contributed by atoms with Gasteiger partial charge in [-0.25, -0.2) is 9.78 Å². The van der Waals surface area contributed by atoms with Gasteiger partial charge in [-0.05, 0) is 13.8 Å². The fourth-order valence-corrected chi connectivity index (χ4v) is 2.57. The SMILES string of the molecule is CCn1nc(C(=O)O)c(Cl)c1-c1cnc(NC(C)C(F)(F)F)cc1OC(F)F. The molecule has 2 N–H and O–H groups in total. The second kappa shape index (κ2) is 8.17. The average molecular weight is 429 g/mol. The molecule has 0 aliphatic rings. The standard InChI is InChI=1S/C15H14ClF5N4O3/c1-3-25-12(10(16)11(24-25)13(26)27)7-5-22-9(4-8(7)28-14(17)18)23-6(2)15(19,20)21/h4-6,14H,3H2,1-2H3,(H,22,23)(H,26,27). The fraction of sp³-hybridized carbons (Fsp3) is 0.400. The first-order chi connectivity index (χ1) is 13.0. The Morgan fingerprint density at radius 3 is 2.57 bits per heavy atom. The van der Waals surface area contributed by atoms with Crippen LogP contribution in [0.3, 0.4) is 0 Å². The number of aromatic nitrogens is 3. The van der Waals surface area contributed by atoms with E-state index in [0.29, 0.717) is 0 Å². The third-order valence-electron chi connectivity index (χ3n) is 3.59. The zero-order valence-corrected chi connectivity index (χ0v) is 15.1. The summed E-state index contributed by atoms with van der Waals surface area (Å²) >= 11 is 6.03. The summed E-state index contributed by atoms with van der Waals surface area (Å²) in [5.41, 5.74) is -0.744. The van der Waals surface area contributed by atoms with E-state index in [-0.39, 0.29) is 28.6 Å². The van der Waals surface area contributed by atoms with Gasteiger partial charge in [-0.1, -0.05) is 11.6 Å². The normalized spacial score (nSPS) is 12.9. The number of carboxylic acids is 1. The Balaban J connectivity index is 2.57. The van der Waals surface area contributed by atoms with Crippen LogP contribution < -0.4 is 10.1 Å². The molecule has 0 aliphatic heterocycles. The molecule has 0 aromatic carbocycles. The van der Waals surface area contributed by atoms with E-state index in [2.05, 4.69) is 14.8 Å². The number of halogens is 6. The molecule has 13 heteroatoms. The zero-order valence-electron chi connectivity index (χ0n) is 14.4. The summed E-state index contributed by atoms with van der Waals surface area (Å²) < 4.78 is 69.2. The Bertz CT molecular complexity index is 872. The number of pyridine rings is 1. The molecule has 1 atom stereocenters. The first-order valence-electron chi connectivity index (χ1n) is 7.73. The van der Waals surface area contributed by atoms with Gasteiger partial charge in [0.15, 0.2) is 5.69 Å². The highest BCUT2D eigenvalue weighted by atomic mass is 35.5. The molecule has 0 saturated carbocycles. The second-order valence-corrected chi connectivity index (χ2v) is 5.86. The van der Waals surface area contributed by atoms with Crippen LogP contribution in [0, 0.1) is 0 Å². The molecule has 1 unspecified atom stereocenters. The molecule has 0 bridgehead atoms. The van der Waals surface area contributed by atoms with Gasteiger partial charge in [-0.15, -0.1) is 0 Å². The Morgan fingerprint density at radius 2 is 2.07 bits per heavy atom. The van der Waals surface area contributed by atoms with Crippen LogP contribution in [0.15, 0.2) is 12.3 Å². The molecule has 2 aromatic heterocycles. The van der Waals surface area contributed by atoms with Gasteiger partial charge < -0.3 is 15.2 Å². The van der Waals surface area contributed by atoms with Gasteiger partial charge in [0.05, 0.1) is 11.3 Å². The molecule has 7 nitrogen and oxygen atoms in total. The van der Waals surface area contributed by atoms with Gasteiger partial charge in [-0.2, -0.15) is 27.1 Å². The van der Waals surface area contributed by atoms with Crippen molar-refractivity contribution in [3.05, 3.63) is 23.0 Å². The van der Waals surface area contributed by atoms with Crippen LogP contribution in [-0.2, 0) is 6.54 Å². The van der Waals surface area contributed by atoms with Crippen LogP contribution in [0.25, 0.3) is 11.3 Å². The van der Waals surface area contributed by atoms with Crippen LogP contribution in [0.4, 0.5) is 27.8 Å². The van der Waals surface area contributed by atoms with E-state index < -0.39 is 36.2 Å². The first kappa shape index (κ1) is 21.7. The molecule has 2 rings (SSSR count). The smallest absolute Gasteiger partial charge is 0.408 e. The number of anilines is 1. The third kappa shape index (κ3) is 4.61. The Kier molecular flexibility index (Phi) is 6.32. The number of nitrogens with one attached hydrogen (secondary N) is 1. The summed E-state index contributed by atoms with van der Waals surface area (Å²) in [5, 5.41) is 14.6. The van der Waals surface area contributed by atoms with E-state index in [4.69, 9.17) is 16.7 Å². The summed E-state index contributed by atoms with van der Waals surface area (Å²) in [7, 11) is 0. The van der Waals surface area contributed by atoms with Crippen molar-refractivity contribution in [1.82, 2.24) is 14.8 Å². The number of aryl methyl sites for hydroxylation is 1. The van der Waals surface area contributed by atoms with Crippen molar-refractivity contribution in [3.63, 3.8) is 0 Å². The summed E-state index contributed by atoms with van der Waals surface area (Å²) in [6, 6.07) is -1.17. The third-order valence-corrected chi connectivity index (χ3v) is 3.95. The van der Waals surface area contributed by atoms with Crippen LogP contribution >= 0.6 is 11.6 Å². The quantitative estimate of drug-likeness (QED) is 0.640. The minimum absolute atomic E-state index is 0.0693. The lowest BCUT2D eigenvalue weighted by Gasteiger charge is -2.19. The van der Waals surface area contributed by atoms with Crippen LogP contribution in [0.1, 0.15) is 24.3 Å². The van der Waals surface area contributed by atoms with Gasteiger partial charge in [0.25, 0.3) is 0 Å². The first-order valence-corrected chi connectivity index (χ1v) is 8.11. The van der Waals surface area contributed by atoms with Crippen LogP contribution in [0.2, 0.25) is 5.02 Å². The molecular weight excluding hydrogens is 415 g/mol. The van der Waals surface area contributed by atoms with Crippen molar-refractivity contribution < 1.29 is 36.6 Å². The average Bonchev–Trinajstić information content (AvgIpc) is 2.90. The number of hydrogen-bond donors (Lipinski definition) is 2. The van der Waals surface area contributed by atoms with Crippen molar-refractivity contribution in [2.24, 2.45) is 0 Å². The summed E-state index contributed by atoms with van der Waals surface area (Å²) in [5.74, 6) is -2.36. The number of carbonyl (C=O) groups is 1. The van der Waals surface area contributed by atoms with Gasteiger partial charge in [0, 0.05) is 18.8 Å². The lowest BCUT2D eigenvalue weighted by atomic mass is 10.1. The molecule has 28 heavy (non-hydrogen) atoms. The van der Waals surface area contributed by atoms with Crippen molar-refractivity contribution in [2.75, 3.05) is 5.32 Å². The molecule has 2 aromatic rings. The number of alkyl halides is 5. The molecule has 0 amide bonds. The highest BCUT2D eigenvalue weighted by Gasteiger charge is 2.36. The van der Waals surface area contributed by atoms with Gasteiger partial charge >= 0.3 is 18.8 Å². The lowest BCUT2D eigenvalue weighted by Crippen LogP contribution is -2.33. The summed E-state index contributed by atoms with van der Waals surface area (Å²) in [4.78, 5) is 15.0. The number of nitrogens with zero attached hydrogens (tertiary/aromatic N) is 3. The molecule has 0 fully saturated rings. The second-order valence-electron chi connectivity index (χ2n) is 5.48. The zero-order chi connectivity index (χ0) is 21.2. The van der Waals surface area contributed by atoms with E-state index in [9.17, 15) is 26.7 Å². The van der Waals surface area contributed by atoms with Crippen LogP contribution in [-0.4, -0.2) is 44.7 Å². The van der Waals surface area contributed by atoms with Crippen molar-refractivity contribution in [3.8, 4) is 17.0 Å². The maximum Gasteiger partial charge on any atom is 0.408 e. The minimum Gasteiger partial charge on any atom is -0.476 e. The van der Waals surface area contributed by atoms with Gasteiger partial charge in [-0.3, -0.25) is 4.68 Å². The maximum atomic E-state index is 12.8. The van der Waals surface area contributed by atoms with E-state index in [1.807, 2.05) is 5.32 Å². The predicted octanol–water partition coefficient (Wildman–Crippen LogP) is 4.28. The molecule has 2 heterocycles. The van der Waals surface area contributed by atoms with Crippen molar-refractivity contribution in [1.29, 1.82) is 0 Å². The van der Waals surface area contributed by atoms with E-state index in [0.717, 1.165) is 23.9 Å². The molecule has 0 saturated heterocycles. The van der Waals surface area contributed by atoms with E-state index >= 15 is 0 Å². The van der Waals surface area contributed by atoms with E-state index in [1.54, 1.807) is 6.92 Å². The Morgan fingerprint density at radius 1 is 1.43 bits per heavy atom. The maximum absolute atomic E-state index is 12.8. The highest BCUT2D eigenvalue weighted by molar-refractivity contribution is 6.35. The highest BCUT2D eigenvalue weighted by Crippen LogP contribution is 2.38. The number of aromatic carboxylic acids is 1. The molecule has 0 spiro atoms. The number of hydrogen-bond acceptors (Lipinski definition) is 5. The molecular formula is C15H14ClF5N4O3. The fourth-order valence-electron chi connectivity index (χ4n) is 2.25. The van der Waals surface area contributed by atoms with Gasteiger partial charge in [0.1, 0.15) is 22.6 Å². The minimum atomic E-state index is -4.59. The topological polar surface area (TPSA) is 89.3 Å². The summed E-state index contributed by atoms with van der Waals surface area (Å²) in [6.07, 6.45) is -3.64. The van der Waals surface area contributed by atoms with Crippen LogP contribution in [0.5, 0.6) is 5.75 Å². The van der Waals surface area contributed by atoms with Crippen molar-refractivity contribution in [2.45, 2.75) is 39.2 Å². The Hall–Kier alpha value is -2.63. The van der Waals surface area contributed by atoms with Crippen molar-refractivity contribution >= 4 is 23.4 Å². The monoisotopic (exact) mass is 428 g/mol. The molecule has 0 aliphatic carbocycles. The predicted molar refractivity (Wildman–Crippen MR) is 88.9 cm³/mol. The molecule has 0 radical (unpaired) electrons. The molecule has 154 valence electrons. The number of carboxylic acid groups (broad SMARTS) is 1. The summed E-state index contributed by atoms with van der Waals surface area (Å²) in [6.45, 7) is -0.752. The van der Waals surface area contributed by atoms with Gasteiger partial charge in [0.2, 0.25) is 0 Å². The number of ether oxygens (including phenoxy) is 1. The Labute approximate surface area is 160 Å². The number of rotatable bonds is 7. The lowest BCUT2D eigenvalue weighted by molar-refractivity contribution is -0.138.